The van der Waals surface area contributed by atoms with Crippen LogP contribution in [0.4, 0.5) is 14.5 Å². The molecule has 2 amide bonds. The first kappa shape index (κ1) is 19.6. The summed E-state index contributed by atoms with van der Waals surface area (Å²) in [4.78, 5) is 25.6. The van der Waals surface area contributed by atoms with Gasteiger partial charge in [0.2, 0.25) is 11.8 Å². The van der Waals surface area contributed by atoms with Crippen LogP contribution in [0.3, 0.4) is 0 Å². The van der Waals surface area contributed by atoms with Crippen molar-refractivity contribution in [1.82, 2.24) is 5.32 Å². The predicted molar refractivity (Wildman–Crippen MR) is 98.3 cm³/mol. The van der Waals surface area contributed by atoms with Crippen LogP contribution in [0, 0.1) is 17.6 Å². The Bertz CT molecular complexity index is 875. The standard InChI is InChI=1S/C20H20F2N2O4/c1-27-15-3-2-4-16(11-15)28-8-7-23-20(26)13-9-19(25)24(12-13)18-6-5-14(21)10-17(18)22/h2-6,10-11,13H,7-9,12H2,1H3,(H,23,26). The average Bonchev–Trinajstić information content (AvgIpc) is 3.07. The van der Waals surface area contributed by atoms with E-state index in [2.05, 4.69) is 5.32 Å². The predicted octanol–water partition coefficient (Wildman–Crippen LogP) is 2.52. The Labute approximate surface area is 161 Å². The number of ether oxygens (including phenoxy) is 2. The van der Waals surface area contributed by atoms with Gasteiger partial charge in [0.1, 0.15) is 29.7 Å². The fourth-order valence-electron chi connectivity index (χ4n) is 2.99. The van der Waals surface area contributed by atoms with Crippen LogP contribution in [-0.4, -0.2) is 38.6 Å². The van der Waals surface area contributed by atoms with Crippen LogP contribution in [0.25, 0.3) is 0 Å². The second-order valence-electron chi connectivity index (χ2n) is 6.32. The quantitative estimate of drug-likeness (QED) is 0.738. The van der Waals surface area contributed by atoms with Crippen molar-refractivity contribution in [3.8, 4) is 11.5 Å². The minimum Gasteiger partial charge on any atom is -0.497 e. The summed E-state index contributed by atoms with van der Waals surface area (Å²) in [6.07, 6.45) is -0.0284. The first-order valence-electron chi connectivity index (χ1n) is 8.78. The van der Waals surface area contributed by atoms with E-state index in [9.17, 15) is 18.4 Å². The van der Waals surface area contributed by atoms with Crippen LogP contribution >= 0.6 is 0 Å². The van der Waals surface area contributed by atoms with Gasteiger partial charge in [0.15, 0.2) is 0 Å². The minimum atomic E-state index is -0.832. The number of carbonyl (C=O) groups excluding carboxylic acids is 2. The summed E-state index contributed by atoms with van der Waals surface area (Å²) < 4.78 is 37.6. The molecule has 3 rings (SSSR count). The van der Waals surface area contributed by atoms with Crippen LogP contribution in [-0.2, 0) is 9.59 Å². The lowest BCUT2D eigenvalue weighted by atomic mass is 10.1. The molecule has 0 bridgehead atoms. The zero-order valence-electron chi connectivity index (χ0n) is 15.3. The number of nitrogens with one attached hydrogen (secondary N) is 1. The number of anilines is 1. The molecule has 2 aromatic carbocycles. The Hall–Kier alpha value is -3.16. The number of carbonyl (C=O) groups is 2. The Morgan fingerprint density at radius 1 is 1.21 bits per heavy atom. The van der Waals surface area contributed by atoms with Gasteiger partial charge in [0.25, 0.3) is 0 Å². The molecule has 0 saturated carbocycles. The Morgan fingerprint density at radius 2 is 2.00 bits per heavy atom. The van der Waals surface area contributed by atoms with E-state index < -0.39 is 17.6 Å². The summed E-state index contributed by atoms with van der Waals surface area (Å²) in [5.74, 6) is -1.57. The highest BCUT2D eigenvalue weighted by Crippen LogP contribution is 2.28. The molecule has 1 saturated heterocycles. The highest BCUT2D eigenvalue weighted by Gasteiger charge is 2.36. The van der Waals surface area contributed by atoms with Gasteiger partial charge in [-0.25, -0.2) is 8.78 Å². The normalized spacial score (nSPS) is 16.2. The lowest BCUT2D eigenvalue weighted by Crippen LogP contribution is -2.35. The molecule has 0 spiro atoms. The van der Waals surface area contributed by atoms with Gasteiger partial charge in [-0.1, -0.05) is 6.07 Å². The molecule has 8 heteroatoms. The fourth-order valence-corrected chi connectivity index (χ4v) is 2.99. The fraction of sp³-hybridized carbons (Fsp3) is 0.300. The third-order valence-corrected chi connectivity index (χ3v) is 4.41. The highest BCUT2D eigenvalue weighted by atomic mass is 19.1. The zero-order valence-corrected chi connectivity index (χ0v) is 15.3. The van der Waals surface area contributed by atoms with Gasteiger partial charge in [-0.3, -0.25) is 9.59 Å². The molecular formula is C20H20F2N2O4. The van der Waals surface area contributed by atoms with Crippen molar-refractivity contribution < 1.29 is 27.8 Å². The van der Waals surface area contributed by atoms with Crippen LogP contribution in [0.5, 0.6) is 11.5 Å². The van der Waals surface area contributed by atoms with E-state index in [0.29, 0.717) is 17.6 Å². The number of rotatable bonds is 7. The SMILES string of the molecule is COc1cccc(OCCNC(=O)C2CC(=O)N(c3ccc(F)cc3F)C2)c1. The van der Waals surface area contributed by atoms with Gasteiger partial charge in [-0.05, 0) is 24.3 Å². The van der Waals surface area contributed by atoms with Crippen LogP contribution in [0.1, 0.15) is 6.42 Å². The van der Waals surface area contributed by atoms with Crippen LogP contribution < -0.4 is 19.7 Å². The number of benzene rings is 2. The van der Waals surface area contributed by atoms with E-state index in [0.717, 1.165) is 6.07 Å². The summed E-state index contributed by atoms with van der Waals surface area (Å²) in [5, 5.41) is 2.71. The molecule has 0 radical (unpaired) electrons. The molecule has 2 aromatic rings. The van der Waals surface area contributed by atoms with E-state index >= 15 is 0 Å². The molecule has 1 aliphatic rings. The third-order valence-electron chi connectivity index (χ3n) is 4.41. The average molecular weight is 390 g/mol. The van der Waals surface area contributed by atoms with E-state index in [-0.39, 0.29) is 43.6 Å². The van der Waals surface area contributed by atoms with Gasteiger partial charge in [0, 0.05) is 25.1 Å². The first-order chi connectivity index (χ1) is 13.5. The summed E-state index contributed by atoms with van der Waals surface area (Å²) in [5.41, 5.74) is -0.0249. The van der Waals surface area contributed by atoms with Crippen molar-refractivity contribution >= 4 is 17.5 Å². The molecule has 1 N–H and O–H groups in total. The topological polar surface area (TPSA) is 67.9 Å². The summed E-state index contributed by atoms with van der Waals surface area (Å²) >= 11 is 0. The highest BCUT2D eigenvalue weighted by molar-refractivity contribution is 6.00. The Kier molecular flexibility index (Phi) is 6.08. The molecule has 0 aromatic heterocycles. The number of amides is 2. The van der Waals surface area contributed by atoms with Crippen molar-refractivity contribution in [2.24, 2.45) is 5.92 Å². The molecule has 6 nitrogen and oxygen atoms in total. The third kappa shape index (κ3) is 4.57. The molecule has 148 valence electrons. The van der Waals surface area contributed by atoms with Crippen molar-refractivity contribution in [2.75, 3.05) is 31.7 Å². The molecule has 1 unspecified atom stereocenters. The van der Waals surface area contributed by atoms with Crippen molar-refractivity contribution in [1.29, 1.82) is 0 Å². The minimum absolute atomic E-state index is 0.0249. The maximum atomic E-state index is 13.9. The number of nitrogens with zero attached hydrogens (tertiary/aromatic N) is 1. The molecule has 1 atom stereocenters. The van der Waals surface area contributed by atoms with Gasteiger partial charge in [-0.2, -0.15) is 0 Å². The molecular weight excluding hydrogens is 370 g/mol. The van der Waals surface area contributed by atoms with Gasteiger partial charge >= 0.3 is 0 Å². The van der Waals surface area contributed by atoms with Crippen molar-refractivity contribution in [3.63, 3.8) is 0 Å². The summed E-state index contributed by atoms with van der Waals surface area (Å²) in [7, 11) is 1.56. The molecule has 28 heavy (non-hydrogen) atoms. The Balaban J connectivity index is 1.49. The number of methoxy groups -OCH3 is 1. The van der Waals surface area contributed by atoms with Crippen LogP contribution in [0.2, 0.25) is 0 Å². The second-order valence-corrected chi connectivity index (χ2v) is 6.32. The first-order valence-corrected chi connectivity index (χ1v) is 8.78. The summed E-state index contributed by atoms with van der Waals surface area (Å²) in [6, 6.07) is 10.1. The molecule has 1 aliphatic heterocycles. The summed E-state index contributed by atoms with van der Waals surface area (Å²) in [6.45, 7) is 0.547. The second kappa shape index (κ2) is 8.69. The monoisotopic (exact) mass is 390 g/mol. The molecule has 1 fully saturated rings. The Morgan fingerprint density at radius 3 is 2.75 bits per heavy atom. The van der Waals surface area contributed by atoms with Gasteiger partial charge < -0.3 is 19.7 Å². The molecule has 1 heterocycles. The van der Waals surface area contributed by atoms with Gasteiger partial charge in [0.05, 0.1) is 25.3 Å². The smallest absolute Gasteiger partial charge is 0.227 e. The van der Waals surface area contributed by atoms with Crippen molar-refractivity contribution in [3.05, 3.63) is 54.1 Å². The zero-order chi connectivity index (χ0) is 20.1. The van der Waals surface area contributed by atoms with E-state index in [4.69, 9.17) is 9.47 Å². The van der Waals surface area contributed by atoms with E-state index in [1.807, 2.05) is 0 Å². The lowest BCUT2D eigenvalue weighted by Gasteiger charge is -2.17. The van der Waals surface area contributed by atoms with E-state index in [1.165, 1.54) is 11.0 Å². The number of hydrogen-bond donors (Lipinski definition) is 1. The number of halogens is 2. The maximum Gasteiger partial charge on any atom is 0.227 e. The van der Waals surface area contributed by atoms with Crippen molar-refractivity contribution in [2.45, 2.75) is 6.42 Å². The lowest BCUT2D eigenvalue weighted by molar-refractivity contribution is -0.126. The molecule has 0 aliphatic carbocycles. The number of hydrogen-bond acceptors (Lipinski definition) is 4. The largest absolute Gasteiger partial charge is 0.497 e. The van der Waals surface area contributed by atoms with E-state index in [1.54, 1.807) is 31.4 Å². The maximum absolute atomic E-state index is 13.9. The van der Waals surface area contributed by atoms with Gasteiger partial charge in [-0.15, -0.1) is 0 Å². The van der Waals surface area contributed by atoms with Crippen LogP contribution in [0.15, 0.2) is 42.5 Å².